The van der Waals surface area contributed by atoms with E-state index in [9.17, 15) is 4.79 Å². The van der Waals surface area contributed by atoms with Crippen molar-refractivity contribution in [2.24, 2.45) is 0 Å². The molecule has 1 aliphatic rings. The fourth-order valence-electron chi connectivity index (χ4n) is 2.84. The molecule has 1 saturated heterocycles. The number of hydrogen-bond donors (Lipinski definition) is 1. The number of hydrogen-bond acceptors (Lipinski definition) is 4. The number of anilines is 2. The molecule has 0 atom stereocenters. The van der Waals surface area contributed by atoms with Crippen molar-refractivity contribution in [3.05, 3.63) is 48.8 Å². The highest BCUT2D eigenvalue weighted by Gasteiger charge is 2.22. The Bertz CT molecular complexity index is 698. The Kier molecular flexibility index (Phi) is 5.38. The van der Waals surface area contributed by atoms with Crippen LogP contribution < -0.4 is 15.0 Å². The van der Waals surface area contributed by atoms with Gasteiger partial charge >= 0.3 is 6.03 Å². The summed E-state index contributed by atoms with van der Waals surface area (Å²) in [6.07, 6.45) is 3.64. The number of carbonyl (C=O) groups excluding carboxylic acids is 1. The minimum atomic E-state index is -0.0887. The minimum Gasteiger partial charge on any atom is -0.489 e. The lowest BCUT2D eigenvalue weighted by atomic mass is 10.2. The first-order chi connectivity index (χ1) is 12.1. The number of nitrogens with one attached hydrogen (secondary N) is 1. The Hall–Kier alpha value is -2.76. The van der Waals surface area contributed by atoms with Gasteiger partial charge in [-0.05, 0) is 38.1 Å². The highest BCUT2D eigenvalue weighted by Crippen LogP contribution is 2.25. The normalized spacial score (nSPS) is 14.5. The molecule has 0 radical (unpaired) electrons. The predicted molar refractivity (Wildman–Crippen MR) is 99.2 cm³/mol. The first-order valence-electron chi connectivity index (χ1n) is 8.60. The molecule has 1 aliphatic heterocycles. The summed E-state index contributed by atoms with van der Waals surface area (Å²) in [5, 5.41) is 2.97. The first-order valence-corrected chi connectivity index (χ1v) is 8.60. The molecule has 25 heavy (non-hydrogen) atoms. The standard InChI is InChI=1S/C19H24N4O2/c1-15(2)25-18-6-4-3-5-17(18)21-19(24)23-13-11-22(12-14-23)16-7-9-20-10-8-16/h3-10,15H,11-14H2,1-2H3,(H,21,24). The zero-order valence-corrected chi connectivity index (χ0v) is 14.7. The number of pyridine rings is 1. The van der Waals surface area contributed by atoms with Crippen molar-refractivity contribution in [3.63, 3.8) is 0 Å². The largest absolute Gasteiger partial charge is 0.489 e. The predicted octanol–water partition coefficient (Wildman–Crippen LogP) is 3.22. The number of urea groups is 1. The Morgan fingerprint density at radius 3 is 2.44 bits per heavy atom. The third kappa shape index (κ3) is 4.41. The molecule has 2 heterocycles. The van der Waals surface area contributed by atoms with E-state index < -0.39 is 0 Å². The van der Waals surface area contributed by atoms with Crippen LogP contribution in [0.4, 0.5) is 16.2 Å². The maximum Gasteiger partial charge on any atom is 0.322 e. The van der Waals surface area contributed by atoms with E-state index in [0.29, 0.717) is 24.5 Å². The molecule has 0 saturated carbocycles. The number of rotatable bonds is 4. The number of carbonyl (C=O) groups is 1. The third-order valence-electron chi connectivity index (χ3n) is 4.09. The molecule has 1 fully saturated rings. The van der Waals surface area contributed by atoms with Gasteiger partial charge < -0.3 is 19.9 Å². The number of amides is 2. The van der Waals surface area contributed by atoms with Crippen LogP contribution in [0.3, 0.4) is 0 Å². The van der Waals surface area contributed by atoms with Crippen LogP contribution in [0.25, 0.3) is 0 Å². The van der Waals surface area contributed by atoms with E-state index >= 15 is 0 Å². The van der Waals surface area contributed by atoms with E-state index in [-0.39, 0.29) is 12.1 Å². The average Bonchev–Trinajstić information content (AvgIpc) is 2.64. The van der Waals surface area contributed by atoms with Crippen LogP contribution >= 0.6 is 0 Å². The van der Waals surface area contributed by atoms with Crippen LogP contribution in [0, 0.1) is 0 Å². The summed E-state index contributed by atoms with van der Waals surface area (Å²) >= 11 is 0. The van der Waals surface area contributed by atoms with Gasteiger partial charge in [0.2, 0.25) is 0 Å². The maximum atomic E-state index is 12.6. The van der Waals surface area contributed by atoms with Gasteiger partial charge in [0.1, 0.15) is 5.75 Å². The summed E-state index contributed by atoms with van der Waals surface area (Å²) in [4.78, 5) is 20.7. The highest BCUT2D eigenvalue weighted by atomic mass is 16.5. The second-order valence-corrected chi connectivity index (χ2v) is 6.27. The summed E-state index contributed by atoms with van der Waals surface area (Å²) in [7, 11) is 0. The molecular weight excluding hydrogens is 316 g/mol. The molecule has 3 rings (SSSR count). The van der Waals surface area contributed by atoms with E-state index in [1.54, 1.807) is 12.4 Å². The van der Waals surface area contributed by atoms with Crippen LogP contribution in [-0.4, -0.2) is 48.2 Å². The molecule has 132 valence electrons. The molecule has 2 amide bonds. The molecule has 1 N–H and O–H groups in total. The van der Waals surface area contributed by atoms with Gasteiger partial charge in [0, 0.05) is 44.3 Å². The topological polar surface area (TPSA) is 57.7 Å². The number of nitrogens with zero attached hydrogens (tertiary/aromatic N) is 3. The maximum absolute atomic E-state index is 12.6. The van der Waals surface area contributed by atoms with Crippen LogP contribution in [0.15, 0.2) is 48.8 Å². The summed E-state index contributed by atoms with van der Waals surface area (Å²) in [6, 6.07) is 11.4. The summed E-state index contributed by atoms with van der Waals surface area (Å²) in [5.74, 6) is 0.696. The smallest absolute Gasteiger partial charge is 0.322 e. The van der Waals surface area contributed by atoms with E-state index in [2.05, 4.69) is 15.2 Å². The molecule has 6 nitrogen and oxygen atoms in total. The molecular formula is C19H24N4O2. The van der Waals surface area contributed by atoms with E-state index in [4.69, 9.17) is 4.74 Å². The lowest BCUT2D eigenvalue weighted by molar-refractivity contribution is 0.207. The Labute approximate surface area is 148 Å². The van der Waals surface area contributed by atoms with Gasteiger partial charge in [-0.15, -0.1) is 0 Å². The van der Waals surface area contributed by atoms with Gasteiger partial charge in [-0.3, -0.25) is 4.98 Å². The van der Waals surface area contributed by atoms with E-state index in [1.807, 2.05) is 55.1 Å². The van der Waals surface area contributed by atoms with Gasteiger partial charge in [-0.1, -0.05) is 12.1 Å². The van der Waals surface area contributed by atoms with Crippen molar-refractivity contribution in [2.45, 2.75) is 20.0 Å². The number of piperazine rings is 1. The lowest BCUT2D eigenvalue weighted by Gasteiger charge is -2.36. The van der Waals surface area contributed by atoms with Gasteiger partial charge in [0.15, 0.2) is 0 Å². The summed E-state index contributed by atoms with van der Waals surface area (Å²) in [5.41, 5.74) is 1.85. The molecule has 6 heteroatoms. The molecule has 0 aliphatic carbocycles. The van der Waals surface area contributed by atoms with Crippen LogP contribution in [-0.2, 0) is 0 Å². The van der Waals surface area contributed by atoms with Crippen molar-refractivity contribution in [2.75, 3.05) is 36.4 Å². The second-order valence-electron chi connectivity index (χ2n) is 6.27. The van der Waals surface area contributed by atoms with Crippen LogP contribution in [0.5, 0.6) is 5.75 Å². The first kappa shape index (κ1) is 17.1. The zero-order valence-electron chi connectivity index (χ0n) is 14.7. The fourth-order valence-corrected chi connectivity index (χ4v) is 2.84. The number of para-hydroxylation sites is 2. The minimum absolute atomic E-state index is 0.0574. The lowest BCUT2D eigenvalue weighted by Crippen LogP contribution is -2.50. The number of ether oxygens (including phenoxy) is 1. The zero-order chi connectivity index (χ0) is 17.6. The van der Waals surface area contributed by atoms with Gasteiger partial charge in [-0.2, -0.15) is 0 Å². The Morgan fingerprint density at radius 1 is 1.08 bits per heavy atom. The van der Waals surface area contributed by atoms with Crippen LogP contribution in [0.1, 0.15) is 13.8 Å². The van der Waals surface area contributed by atoms with Gasteiger partial charge in [-0.25, -0.2) is 4.79 Å². The molecule has 0 bridgehead atoms. The summed E-state index contributed by atoms with van der Waals surface area (Å²) in [6.45, 7) is 6.92. The van der Waals surface area contributed by atoms with E-state index in [1.165, 1.54) is 0 Å². The molecule has 0 unspecified atom stereocenters. The average molecular weight is 340 g/mol. The molecule has 0 spiro atoms. The van der Waals surface area contributed by atoms with Crippen LogP contribution in [0.2, 0.25) is 0 Å². The fraction of sp³-hybridized carbons (Fsp3) is 0.368. The van der Waals surface area contributed by atoms with E-state index in [0.717, 1.165) is 18.8 Å². The SMILES string of the molecule is CC(C)Oc1ccccc1NC(=O)N1CCN(c2ccncc2)CC1. The quantitative estimate of drug-likeness (QED) is 0.928. The van der Waals surface area contributed by atoms with Crippen molar-refractivity contribution in [1.82, 2.24) is 9.88 Å². The Balaban J connectivity index is 1.58. The summed E-state index contributed by atoms with van der Waals surface area (Å²) < 4.78 is 5.76. The monoisotopic (exact) mass is 340 g/mol. The molecule has 1 aromatic carbocycles. The van der Waals surface area contributed by atoms with Crippen molar-refractivity contribution >= 4 is 17.4 Å². The third-order valence-corrected chi connectivity index (χ3v) is 4.09. The van der Waals surface area contributed by atoms with Crippen molar-refractivity contribution in [1.29, 1.82) is 0 Å². The number of benzene rings is 1. The molecule has 2 aromatic rings. The van der Waals surface area contributed by atoms with Crippen molar-refractivity contribution in [3.8, 4) is 5.75 Å². The Morgan fingerprint density at radius 2 is 1.76 bits per heavy atom. The van der Waals surface area contributed by atoms with Crippen molar-refractivity contribution < 1.29 is 9.53 Å². The number of aromatic nitrogens is 1. The highest BCUT2D eigenvalue weighted by molar-refractivity contribution is 5.91. The van der Waals surface area contributed by atoms with Gasteiger partial charge in [0.05, 0.1) is 11.8 Å². The van der Waals surface area contributed by atoms with Gasteiger partial charge in [0.25, 0.3) is 0 Å². The second kappa shape index (κ2) is 7.88. The molecule has 1 aromatic heterocycles.